The molecule has 0 spiro atoms. The standard InChI is InChI=1S/C18H19N3O7/c1-11-18(21(24)25)12(2)20(19-11)9-17(23)28-10-14(22)13-4-5-15-16(8-13)27-7-3-6-26-15/h4-5,8H,3,6-7,9-10H2,1-2H3. The molecular formula is C18H19N3O7. The quantitative estimate of drug-likeness (QED) is 0.318. The molecule has 0 N–H and O–H groups in total. The van der Waals surface area contributed by atoms with Crippen LogP contribution in [0.4, 0.5) is 5.69 Å². The summed E-state index contributed by atoms with van der Waals surface area (Å²) in [6, 6.07) is 4.78. The van der Waals surface area contributed by atoms with Gasteiger partial charge >= 0.3 is 11.7 Å². The van der Waals surface area contributed by atoms with Gasteiger partial charge in [0.25, 0.3) is 0 Å². The summed E-state index contributed by atoms with van der Waals surface area (Å²) >= 11 is 0. The van der Waals surface area contributed by atoms with E-state index in [0.29, 0.717) is 30.3 Å². The molecule has 148 valence electrons. The van der Waals surface area contributed by atoms with Gasteiger partial charge in [-0.2, -0.15) is 5.10 Å². The van der Waals surface area contributed by atoms with Crippen LogP contribution in [0.1, 0.15) is 28.2 Å². The Kier molecular flexibility index (Phi) is 5.57. The van der Waals surface area contributed by atoms with E-state index in [1.165, 1.54) is 18.5 Å². The van der Waals surface area contributed by atoms with Crippen molar-refractivity contribution in [2.45, 2.75) is 26.8 Å². The number of fused-ring (bicyclic) bond motifs is 1. The minimum atomic E-state index is -0.719. The van der Waals surface area contributed by atoms with E-state index in [9.17, 15) is 19.7 Å². The third-order valence-electron chi connectivity index (χ3n) is 4.24. The molecule has 0 amide bonds. The minimum Gasteiger partial charge on any atom is -0.490 e. The van der Waals surface area contributed by atoms with Crippen LogP contribution < -0.4 is 9.47 Å². The molecule has 2 heterocycles. The van der Waals surface area contributed by atoms with Gasteiger partial charge in [0.1, 0.15) is 17.9 Å². The largest absolute Gasteiger partial charge is 0.490 e. The number of ketones is 1. The Morgan fingerprint density at radius 3 is 2.64 bits per heavy atom. The highest BCUT2D eigenvalue weighted by molar-refractivity contribution is 5.98. The molecule has 0 atom stereocenters. The maximum absolute atomic E-state index is 12.3. The van der Waals surface area contributed by atoms with Gasteiger partial charge in [-0.05, 0) is 32.0 Å². The Bertz CT molecular complexity index is 936. The average Bonchev–Trinajstić information content (AvgIpc) is 2.82. The number of Topliss-reactive ketones (excluding diaryl/α,β-unsaturated/α-hetero) is 1. The molecule has 2 aromatic rings. The Balaban J connectivity index is 1.60. The number of nitrogens with zero attached hydrogens (tertiary/aromatic N) is 3. The highest BCUT2D eigenvalue weighted by Gasteiger charge is 2.23. The van der Waals surface area contributed by atoms with Gasteiger partial charge in [-0.25, -0.2) is 0 Å². The van der Waals surface area contributed by atoms with Crippen molar-refractivity contribution in [3.63, 3.8) is 0 Å². The first-order valence-corrected chi connectivity index (χ1v) is 8.63. The van der Waals surface area contributed by atoms with Gasteiger partial charge in [0.05, 0.1) is 18.1 Å². The first kappa shape index (κ1) is 19.3. The van der Waals surface area contributed by atoms with Crippen molar-refractivity contribution >= 4 is 17.4 Å². The smallest absolute Gasteiger partial charge is 0.328 e. The van der Waals surface area contributed by atoms with Gasteiger partial charge in [0.2, 0.25) is 0 Å². The summed E-state index contributed by atoms with van der Waals surface area (Å²) in [6.45, 7) is 3.24. The fourth-order valence-corrected chi connectivity index (χ4v) is 2.84. The first-order valence-electron chi connectivity index (χ1n) is 8.63. The molecule has 0 aliphatic carbocycles. The molecule has 3 rings (SSSR count). The topological polar surface area (TPSA) is 123 Å². The number of hydrogen-bond acceptors (Lipinski definition) is 8. The van der Waals surface area contributed by atoms with Crippen LogP contribution in [0.5, 0.6) is 11.5 Å². The molecule has 1 aliphatic heterocycles. The number of aryl methyl sites for hydroxylation is 1. The fourth-order valence-electron chi connectivity index (χ4n) is 2.84. The Hall–Kier alpha value is -3.43. The third-order valence-corrected chi connectivity index (χ3v) is 4.24. The summed E-state index contributed by atoms with van der Waals surface area (Å²) in [6.07, 6.45) is 0.750. The van der Waals surface area contributed by atoms with Crippen LogP contribution >= 0.6 is 0 Å². The molecule has 1 aromatic carbocycles. The van der Waals surface area contributed by atoms with Crippen LogP contribution in [0, 0.1) is 24.0 Å². The van der Waals surface area contributed by atoms with Crippen LogP contribution in [-0.4, -0.2) is 46.3 Å². The van der Waals surface area contributed by atoms with E-state index < -0.39 is 23.3 Å². The Morgan fingerprint density at radius 1 is 1.25 bits per heavy atom. The Labute approximate surface area is 160 Å². The number of benzene rings is 1. The molecule has 0 radical (unpaired) electrons. The second-order valence-corrected chi connectivity index (χ2v) is 6.23. The van der Waals surface area contributed by atoms with E-state index in [-0.39, 0.29) is 23.6 Å². The number of esters is 1. The maximum atomic E-state index is 12.3. The average molecular weight is 389 g/mol. The maximum Gasteiger partial charge on any atom is 0.328 e. The minimum absolute atomic E-state index is 0.143. The summed E-state index contributed by atoms with van der Waals surface area (Å²) in [4.78, 5) is 34.8. The van der Waals surface area contributed by atoms with E-state index in [1.807, 2.05) is 0 Å². The molecule has 1 aromatic heterocycles. The second kappa shape index (κ2) is 8.07. The number of hydrogen-bond donors (Lipinski definition) is 0. The van der Waals surface area contributed by atoms with Crippen LogP contribution in [0.2, 0.25) is 0 Å². The molecule has 0 saturated carbocycles. The lowest BCUT2D eigenvalue weighted by atomic mass is 10.1. The van der Waals surface area contributed by atoms with E-state index in [0.717, 1.165) is 6.42 Å². The number of nitro groups is 1. The monoisotopic (exact) mass is 389 g/mol. The number of carbonyl (C=O) groups is 2. The molecule has 10 nitrogen and oxygen atoms in total. The van der Waals surface area contributed by atoms with E-state index in [4.69, 9.17) is 14.2 Å². The summed E-state index contributed by atoms with van der Waals surface area (Å²) < 4.78 is 17.2. The zero-order valence-electron chi connectivity index (χ0n) is 15.5. The Morgan fingerprint density at radius 2 is 1.96 bits per heavy atom. The van der Waals surface area contributed by atoms with E-state index >= 15 is 0 Å². The lowest BCUT2D eigenvalue weighted by molar-refractivity contribution is -0.386. The molecule has 0 bridgehead atoms. The van der Waals surface area contributed by atoms with E-state index in [1.54, 1.807) is 18.2 Å². The van der Waals surface area contributed by atoms with Crippen LogP contribution in [0.3, 0.4) is 0 Å². The zero-order chi connectivity index (χ0) is 20.3. The summed E-state index contributed by atoms with van der Waals surface area (Å²) in [7, 11) is 0. The predicted molar refractivity (Wildman–Crippen MR) is 95.7 cm³/mol. The zero-order valence-corrected chi connectivity index (χ0v) is 15.5. The van der Waals surface area contributed by atoms with E-state index in [2.05, 4.69) is 5.10 Å². The highest BCUT2D eigenvalue weighted by atomic mass is 16.6. The van der Waals surface area contributed by atoms with Gasteiger partial charge in [0, 0.05) is 12.0 Å². The molecule has 0 unspecified atom stereocenters. The molecule has 0 saturated heterocycles. The fraction of sp³-hybridized carbons (Fsp3) is 0.389. The third kappa shape index (κ3) is 4.11. The van der Waals surface area contributed by atoms with Gasteiger partial charge in [-0.1, -0.05) is 0 Å². The molecule has 0 fully saturated rings. The number of ether oxygens (including phenoxy) is 3. The SMILES string of the molecule is Cc1nn(CC(=O)OCC(=O)c2ccc3c(c2)OCCCO3)c(C)c1[N+](=O)[O-]. The van der Waals surface area contributed by atoms with Crippen molar-refractivity contribution in [1.82, 2.24) is 9.78 Å². The summed E-state index contributed by atoms with van der Waals surface area (Å²) in [5.41, 5.74) is 0.641. The number of rotatable bonds is 6. The first-order chi connectivity index (χ1) is 13.4. The van der Waals surface area contributed by atoms with Crippen LogP contribution in [0.25, 0.3) is 0 Å². The van der Waals surface area contributed by atoms with Crippen LogP contribution in [-0.2, 0) is 16.1 Å². The molecule has 10 heteroatoms. The molecule has 28 heavy (non-hydrogen) atoms. The number of carbonyl (C=O) groups excluding carboxylic acids is 2. The highest BCUT2D eigenvalue weighted by Crippen LogP contribution is 2.30. The van der Waals surface area contributed by atoms with Gasteiger partial charge < -0.3 is 14.2 Å². The second-order valence-electron chi connectivity index (χ2n) is 6.23. The van der Waals surface area contributed by atoms with Gasteiger partial charge in [-0.15, -0.1) is 0 Å². The van der Waals surface area contributed by atoms with Gasteiger partial charge in [0.15, 0.2) is 23.9 Å². The van der Waals surface area contributed by atoms with Crippen molar-refractivity contribution in [3.8, 4) is 11.5 Å². The summed E-state index contributed by atoms with van der Waals surface area (Å²) in [5, 5.41) is 15.0. The number of aromatic nitrogens is 2. The van der Waals surface area contributed by atoms with Crippen molar-refractivity contribution in [2.75, 3.05) is 19.8 Å². The summed E-state index contributed by atoms with van der Waals surface area (Å²) in [5.74, 6) is -0.0756. The van der Waals surface area contributed by atoms with Crippen molar-refractivity contribution in [3.05, 3.63) is 45.3 Å². The van der Waals surface area contributed by atoms with Crippen molar-refractivity contribution in [1.29, 1.82) is 0 Å². The molecule has 1 aliphatic rings. The van der Waals surface area contributed by atoms with Crippen molar-refractivity contribution in [2.24, 2.45) is 0 Å². The molecular weight excluding hydrogens is 370 g/mol. The lowest BCUT2D eigenvalue weighted by Gasteiger charge is -2.09. The van der Waals surface area contributed by atoms with Gasteiger partial charge in [-0.3, -0.25) is 24.4 Å². The van der Waals surface area contributed by atoms with Crippen molar-refractivity contribution < 1.29 is 28.7 Å². The lowest BCUT2D eigenvalue weighted by Crippen LogP contribution is -2.19. The normalized spacial score (nSPS) is 12.9. The van der Waals surface area contributed by atoms with Crippen LogP contribution in [0.15, 0.2) is 18.2 Å². The predicted octanol–water partition coefficient (Wildman–Crippen LogP) is 2.00.